The first-order valence-corrected chi connectivity index (χ1v) is 7.65. The minimum absolute atomic E-state index is 0.146. The maximum Gasteiger partial charge on any atom is 0.262 e. The van der Waals surface area contributed by atoms with Gasteiger partial charge in [-0.15, -0.1) is 0 Å². The first kappa shape index (κ1) is 15.8. The molecule has 5 nitrogen and oxygen atoms in total. The molecule has 0 radical (unpaired) electrons. The van der Waals surface area contributed by atoms with Crippen molar-refractivity contribution in [2.45, 2.75) is 0 Å². The summed E-state index contributed by atoms with van der Waals surface area (Å²) >= 11 is 11.9. The zero-order valence-electron chi connectivity index (χ0n) is 12.0. The van der Waals surface area contributed by atoms with E-state index in [1.807, 2.05) is 0 Å². The van der Waals surface area contributed by atoms with Crippen molar-refractivity contribution in [2.75, 3.05) is 25.1 Å². The average Bonchev–Trinajstić information content (AvgIpc) is 2.55. The van der Waals surface area contributed by atoms with Crippen LogP contribution >= 0.6 is 23.2 Å². The second kappa shape index (κ2) is 6.98. The molecule has 0 aliphatic carbocycles. The normalized spacial score (nSPS) is 12.6. The second-order valence-electron chi connectivity index (χ2n) is 4.77. The first-order chi connectivity index (χ1) is 11.1. The van der Waals surface area contributed by atoms with E-state index in [9.17, 15) is 4.79 Å². The Bertz CT molecular complexity index is 719. The van der Waals surface area contributed by atoms with E-state index in [1.54, 1.807) is 36.4 Å². The Balaban J connectivity index is 1.62. The van der Waals surface area contributed by atoms with E-state index in [1.165, 1.54) is 0 Å². The zero-order valence-corrected chi connectivity index (χ0v) is 13.5. The van der Waals surface area contributed by atoms with Gasteiger partial charge in [-0.05, 0) is 24.3 Å². The van der Waals surface area contributed by atoms with Crippen LogP contribution in [-0.2, 0) is 4.79 Å². The number of anilines is 1. The first-order valence-electron chi connectivity index (χ1n) is 6.89. The van der Waals surface area contributed by atoms with Crippen LogP contribution in [0, 0.1) is 0 Å². The Hall–Kier alpha value is -2.11. The molecule has 3 rings (SSSR count). The van der Waals surface area contributed by atoms with Gasteiger partial charge in [0.25, 0.3) is 5.91 Å². The largest absolute Gasteiger partial charge is 0.486 e. The van der Waals surface area contributed by atoms with E-state index in [2.05, 4.69) is 5.32 Å². The molecule has 1 heterocycles. The molecule has 1 amide bonds. The molecule has 0 saturated carbocycles. The molecule has 0 atom stereocenters. The summed E-state index contributed by atoms with van der Waals surface area (Å²) < 4.78 is 16.3. The predicted molar refractivity (Wildman–Crippen MR) is 88.0 cm³/mol. The smallest absolute Gasteiger partial charge is 0.262 e. The maximum absolute atomic E-state index is 12.0. The molecule has 0 saturated heterocycles. The quantitative estimate of drug-likeness (QED) is 0.908. The van der Waals surface area contributed by atoms with Gasteiger partial charge in [0.2, 0.25) is 0 Å². The van der Waals surface area contributed by atoms with Gasteiger partial charge < -0.3 is 19.5 Å². The van der Waals surface area contributed by atoms with Crippen molar-refractivity contribution in [3.8, 4) is 17.2 Å². The number of rotatable bonds is 4. The highest BCUT2D eigenvalue weighted by atomic mass is 35.5. The maximum atomic E-state index is 12.0. The van der Waals surface area contributed by atoms with E-state index in [0.29, 0.717) is 46.2 Å². The van der Waals surface area contributed by atoms with Crippen LogP contribution in [0.4, 0.5) is 5.69 Å². The van der Waals surface area contributed by atoms with Crippen molar-refractivity contribution >= 4 is 34.8 Å². The minimum Gasteiger partial charge on any atom is -0.486 e. The predicted octanol–water partition coefficient (Wildman–Crippen LogP) is 3.78. The lowest BCUT2D eigenvalue weighted by Crippen LogP contribution is -2.21. The standard InChI is InChI=1S/C16H13Cl2NO4/c17-10-1-3-11(4-2-10)23-9-16(20)19-13-8-15-14(7-12(13)18)21-5-6-22-15/h1-4,7-8H,5-6,9H2,(H,19,20). The van der Waals surface area contributed by atoms with E-state index in [4.69, 9.17) is 37.4 Å². The summed E-state index contributed by atoms with van der Waals surface area (Å²) in [6.07, 6.45) is 0. The molecule has 1 aliphatic heterocycles. The number of amides is 1. The molecule has 1 aliphatic rings. The van der Waals surface area contributed by atoms with Gasteiger partial charge >= 0.3 is 0 Å². The summed E-state index contributed by atoms with van der Waals surface area (Å²) in [4.78, 5) is 12.0. The fourth-order valence-corrected chi connectivity index (χ4v) is 2.35. The van der Waals surface area contributed by atoms with Gasteiger partial charge in [-0.1, -0.05) is 23.2 Å². The monoisotopic (exact) mass is 353 g/mol. The third kappa shape index (κ3) is 4.00. The van der Waals surface area contributed by atoms with E-state index < -0.39 is 0 Å². The Morgan fingerprint density at radius 1 is 1.09 bits per heavy atom. The van der Waals surface area contributed by atoms with Gasteiger partial charge in [0.15, 0.2) is 18.1 Å². The fourth-order valence-electron chi connectivity index (χ4n) is 2.03. The third-order valence-electron chi connectivity index (χ3n) is 3.09. The molecule has 7 heteroatoms. The van der Waals surface area contributed by atoms with Crippen LogP contribution in [0.5, 0.6) is 17.2 Å². The Morgan fingerprint density at radius 2 is 1.74 bits per heavy atom. The van der Waals surface area contributed by atoms with Gasteiger partial charge in [-0.25, -0.2) is 0 Å². The van der Waals surface area contributed by atoms with Crippen molar-refractivity contribution in [3.63, 3.8) is 0 Å². The zero-order chi connectivity index (χ0) is 16.2. The van der Waals surface area contributed by atoms with Crippen LogP contribution in [0.3, 0.4) is 0 Å². The van der Waals surface area contributed by atoms with Gasteiger partial charge in [-0.2, -0.15) is 0 Å². The lowest BCUT2D eigenvalue weighted by molar-refractivity contribution is -0.118. The minimum atomic E-state index is -0.335. The topological polar surface area (TPSA) is 56.8 Å². The lowest BCUT2D eigenvalue weighted by atomic mass is 10.2. The van der Waals surface area contributed by atoms with Crippen molar-refractivity contribution < 1.29 is 19.0 Å². The molecule has 0 fully saturated rings. The van der Waals surface area contributed by atoms with Crippen LogP contribution in [0.15, 0.2) is 36.4 Å². The Labute approximate surface area is 143 Å². The van der Waals surface area contributed by atoms with Gasteiger partial charge in [0.1, 0.15) is 19.0 Å². The highest BCUT2D eigenvalue weighted by molar-refractivity contribution is 6.34. The highest BCUT2D eigenvalue weighted by Gasteiger charge is 2.16. The molecular formula is C16H13Cl2NO4. The van der Waals surface area contributed by atoms with Crippen LogP contribution in [-0.4, -0.2) is 25.7 Å². The van der Waals surface area contributed by atoms with Crippen molar-refractivity contribution in [2.24, 2.45) is 0 Å². The van der Waals surface area contributed by atoms with Crippen molar-refractivity contribution in [3.05, 3.63) is 46.4 Å². The SMILES string of the molecule is O=C(COc1ccc(Cl)cc1)Nc1cc2c(cc1Cl)OCCO2. The number of fused-ring (bicyclic) bond motifs is 1. The Morgan fingerprint density at radius 3 is 2.43 bits per heavy atom. The van der Waals surface area contributed by atoms with Crippen molar-refractivity contribution in [1.29, 1.82) is 0 Å². The van der Waals surface area contributed by atoms with E-state index in [0.717, 1.165) is 0 Å². The van der Waals surface area contributed by atoms with E-state index in [-0.39, 0.29) is 12.5 Å². The number of benzene rings is 2. The number of hydrogen-bond acceptors (Lipinski definition) is 4. The van der Waals surface area contributed by atoms with Gasteiger partial charge in [-0.3, -0.25) is 4.79 Å². The van der Waals surface area contributed by atoms with Crippen LogP contribution < -0.4 is 19.5 Å². The number of nitrogens with one attached hydrogen (secondary N) is 1. The Kier molecular flexibility index (Phi) is 4.79. The number of ether oxygens (including phenoxy) is 3. The molecule has 0 spiro atoms. The molecule has 0 bridgehead atoms. The summed E-state index contributed by atoms with van der Waals surface area (Å²) in [7, 11) is 0. The van der Waals surface area contributed by atoms with Crippen LogP contribution in [0.2, 0.25) is 10.0 Å². The molecule has 0 aromatic heterocycles. The summed E-state index contributed by atoms with van der Waals surface area (Å²) in [5.41, 5.74) is 0.445. The number of halogens is 2. The number of hydrogen-bond donors (Lipinski definition) is 1. The number of carbonyl (C=O) groups is 1. The number of carbonyl (C=O) groups excluding carboxylic acids is 1. The third-order valence-corrected chi connectivity index (χ3v) is 3.65. The average molecular weight is 354 g/mol. The summed E-state index contributed by atoms with van der Waals surface area (Å²) in [6, 6.07) is 10.0. The molecule has 1 N–H and O–H groups in total. The lowest BCUT2D eigenvalue weighted by Gasteiger charge is -2.20. The highest BCUT2D eigenvalue weighted by Crippen LogP contribution is 2.37. The molecular weight excluding hydrogens is 341 g/mol. The van der Waals surface area contributed by atoms with Crippen LogP contribution in [0.25, 0.3) is 0 Å². The molecule has 2 aromatic carbocycles. The molecule has 2 aromatic rings. The molecule has 120 valence electrons. The van der Waals surface area contributed by atoms with Crippen molar-refractivity contribution in [1.82, 2.24) is 0 Å². The summed E-state index contributed by atoms with van der Waals surface area (Å²) in [5.74, 6) is 1.34. The fraction of sp³-hybridized carbons (Fsp3) is 0.188. The molecule has 0 unspecified atom stereocenters. The second-order valence-corrected chi connectivity index (χ2v) is 5.61. The van der Waals surface area contributed by atoms with Gasteiger partial charge in [0.05, 0.1) is 10.7 Å². The summed E-state index contributed by atoms with van der Waals surface area (Å²) in [6.45, 7) is 0.790. The van der Waals surface area contributed by atoms with Gasteiger partial charge in [0, 0.05) is 17.2 Å². The molecule has 23 heavy (non-hydrogen) atoms. The van der Waals surface area contributed by atoms with Crippen LogP contribution in [0.1, 0.15) is 0 Å². The summed E-state index contributed by atoms with van der Waals surface area (Å²) in [5, 5.41) is 3.66. The van der Waals surface area contributed by atoms with E-state index >= 15 is 0 Å².